The maximum atomic E-state index is 6.00. The van der Waals surface area contributed by atoms with E-state index in [1.165, 1.54) is 16.0 Å². The summed E-state index contributed by atoms with van der Waals surface area (Å²) in [7, 11) is 0. The maximum absolute atomic E-state index is 6.00. The van der Waals surface area contributed by atoms with Crippen molar-refractivity contribution in [3.63, 3.8) is 0 Å². The molecule has 3 aromatic rings. The molecule has 1 aromatic heterocycles. The van der Waals surface area contributed by atoms with Crippen LogP contribution in [0.1, 0.15) is 12.5 Å². The van der Waals surface area contributed by atoms with Gasteiger partial charge in [-0.3, -0.25) is 0 Å². The molecule has 0 aliphatic heterocycles. The molecule has 0 saturated heterocycles. The van der Waals surface area contributed by atoms with Crippen LogP contribution in [0.5, 0.6) is 0 Å². The molecule has 5 heteroatoms. The minimum Gasteiger partial charge on any atom is -0.362 e. The van der Waals surface area contributed by atoms with Gasteiger partial charge < -0.3 is 5.32 Å². The Labute approximate surface area is 156 Å². The largest absolute Gasteiger partial charge is 0.362 e. The fourth-order valence-corrected chi connectivity index (χ4v) is 3.44. The van der Waals surface area contributed by atoms with Crippen LogP contribution in [0.2, 0.25) is 5.02 Å². The van der Waals surface area contributed by atoms with E-state index in [1.807, 2.05) is 24.3 Å². The van der Waals surface area contributed by atoms with E-state index in [9.17, 15) is 0 Å². The highest BCUT2D eigenvalue weighted by atomic mass is 79.9. The molecule has 0 bridgehead atoms. The summed E-state index contributed by atoms with van der Waals surface area (Å²) in [5, 5.41) is 5.00. The van der Waals surface area contributed by atoms with Crippen LogP contribution in [0.15, 0.2) is 48.5 Å². The molecule has 1 N–H and O–H groups in total. The number of halogens is 2. The zero-order valence-electron chi connectivity index (χ0n) is 13.0. The molecular formula is C18H18BrClN2S. The number of benzene rings is 2. The van der Waals surface area contributed by atoms with Gasteiger partial charge in [0.05, 0.1) is 10.6 Å². The maximum Gasteiger partial charge on any atom is 0.183 e. The summed E-state index contributed by atoms with van der Waals surface area (Å²) in [6, 6.07) is 16.4. The second-order valence-electron chi connectivity index (χ2n) is 5.10. The van der Waals surface area contributed by atoms with Gasteiger partial charge in [-0.1, -0.05) is 64.9 Å². The van der Waals surface area contributed by atoms with Crippen LogP contribution in [-0.4, -0.2) is 11.5 Å². The third kappa shape index (κ3) is 4.14. The minimum absolute atomic E-state index is 0. The van der Waals surface area contributed by atoms with Gasteiger partial charge in [0.1, 0.15) is 0 Å². The lowest BCUT2D eigenvalue weighted by Crippen LogP contribution is -1.94. The molecule has 0 amide bonds. The van der Waals surface area contributed by atoms with Crippen molar-refractivity contribution in [1.82, 2.24) is 4.98 Å². The average molecular weight is 410 g/mol. The van der Waals surface area contributed by atoms with Crippen molar-refractivity contribution in [1.29, 1.82) is 0 Å². The molecule has 0 unspecified atom stereocenters. The summed E-state index contributed by atoms with van der Waals surface area (Å²) >= 11 is 7.68. The van der Waals surface area contributed by atoms with Crippen molar-refractivity contribution < 1.29 is 0 Å². The van der Waals surface area contributed by atoms with Crippen LogP contribution < -0.4 is 5.32 Å². The molecule has 23 heavy (non-hydrogen) atoms. The number of hydrogen-bond acceptors (Lipinski definition) is 3. The minimum atomic E-state index is 0. The van der Waals surface area contributed by atoms with Gasteiger partial charge in [-0.15, -0.1) is 17.0 Å². The van der Waals surface area contributed by atoms with Gasteiger partial charge in [0.15, 0.2) is 5.13 Å². The van der Waals surface area contributed by atoms with E-state index >= 15 is 0 Å². The van der Waals surface area contributed by atoms with E-state index < -0.39 is 0 Å². The van der Waals surface area contributed by atoms with E-state index in [2.05, 4.69) is 43.4 Å². The van der Waals surface area contributed by atoms with Gasteiger partial charge in [-0.2, -0.15) is 0 Å². The lowest BCUT2D eigenvalue weighted by atomic mass is 10.1. The fourth-order valence-electron chi connectivity index (χ4n) is 2.25. The van der Waals surface area contributed by atoms with Gasteiger partial charge in [0.2, 0.25) is 0 Å². The highest BCUT2D eigenvalue weighted by Gasteiger charge is 2.14. The Morgan fingerprint density at radius 1 is 1.00 bits per heavy atom. The fraction of sp³-hybridized carbons (Fsp3) is 0.167. The van der Waals surface area contributed by atoms with E-state index in [4.69, 9.17) is 16.6 Å². The van der Waals surface area contributed by atoms with Crippen molar-refractivity contribution >= 4 is 45.1 Å². The molecule has 0 aliphatic carbocycles. The van der Waals surface area contributed by atoms with Crippen molar-refractivity contribution in [3.8, 4) is 21.7 Å². The Morgan fingerprint density at radius 2 is 1.61 bits per heavy atom. The Morgan fingerprint density at radius 3 is 2.22 bits per heavy atom. The highest BCUT2D eigenvalue weighted by Crippen LogP contribution is 2.39. The normalized spacial score (nSPS) is 10.2. The lowest BCUT2D eigenvalue weighted by Gasteiger charge is -2.03. The molecule has 0 aliphatic rings. The zero-order chi connectivity index (χ0) is 15.5. The number of rotatable bonds is 4. The smallest absolute Gasteiger partial charge is 0.183 e. The summed E-state index contributed by atoms with van der Waals surface area (Å²) in [6.45, 7) is 5.04. The Bertz CT molecular complexity index is 704. The number of nitrogens with zero attached hydrogens (tertiary/aromatic N) is 1. The van der Waals surface area contributed by atoms with Crippen LogP contribution in [0.4, 0.5) is 5.13 Å². The third-order valence-electron chi connectivity index (χ3n) is 3.39. The highest BCUT2D eigenvalue weighted by molar-refractivity contribution is 8.93. The van der Waals surface area contributed by atoms with Crippen LogP contribution in [-0.2, 0) is 0 Å². The molecular weight excluding hydrogens is 392 g/mol. The second-order valence-corrected chi connectivity index (χ2v) is 6.54. The quantitative estimate of drug-likeness (QED) is 0.535. The topological polar surface area (TPSA) is 24.9 Å². The SMILES string of the molecule is Br.CCNc1nc(-c2ccc(Cl)cc2)c(-c2ccc(C)cc2)s1. The van der Waals surface area contributed by atoms with Gasteiger partial charge in [0.25, 0.3) is 0 Å². The molecule has 3 rings (SSSR count). The van der Waals surface area contributed by atoms with Crippen LogP contribution in [0, 0.1) is 6.92 Å². The number of aromatic nitrogens is 1. The number of hydrogen-bond donors (Lipinski definition) is 1. The van der Waals surface area contributed by atoms with Crippen LogP contribution in [0.25, 0.3) is 21.7 Å². The molecule has 0 atom stereocenters. The number of anilines is 1. The zero-order valence-corrected chi connectivity index (χ0v) is 16.3. The first-order valence-electron chi connectivity index (χ1n) is 7.25. The molecule has 0 radical (unpaired) electrons. The number of aryl methyl sites for hydroxylation is 1. The van der Waals surface area contributed by atoms with E-state index in [1.54, 1.807) is 11.3 Å². The van der Waals surface area contributed by atoms with Gasteiger partial charge in [-0.25, -0.2) is 4.98 Å². The lowest BCUT2D eigenvalue weighted by molar-refractivity contribution is 1.19. The second kappa shape index (κ2) is 7.95. The number of nitrogens with one attached hydrogen (secondary N) is 1. The predicted octanol–water partition coefficient (Wildman–Crippen LogP) is 6.45. The molecule has 0 fully saturated rings. The van der Waals surface area contributed by atoms with E-state index in [0.717, 1.165) is 28.0 Å². The van der Waals surface area contributed by atoms with Gasteiger partial charge >= 0.3 is 0 Å². The summed E-state index contributed by atoms with van der Waals surface area (Å²) in [6.07, 6.45) is 0. The van der Waals surface area contributed by atoms with E-state index in [-0.39, 0.29) is 17.0 Å². The molecule has 2 nitrogen and oxygen atoms in total. The Kier molecular flexibility index (Phi) is 6.22. The molecule has 120 valence electrons. The Balaban J connectivity index is 0.00000192. The average Bonchev–Trinajstić information content (AvgIpc) is 2.93. The molecule has 1 heterocycles. The van der Waals surface area contributed by atoms with E-state index in [0.29, 0.717) is 0 Å². The monoisotopic (exact) mass is 408 g/mol. The van der Waals surface area contributed by atoms with Gasteiger partial charge in [-0.05, 0) is 31.5 Å². The summed E-state index contributed by atoms with van der Waals surface area (Å²) < 4.78 is 0. The molecule has 0 spiro atoms. The first-order chi connectivity index (χ1) is 10.7. The molecule has 0 saturated carbocycles. The van der Waals surface area contributed by atoms with Crippen molar-refractivity contribution in [2.75, 3.05) is 11.9 Å². The Hall–Kier alpha value is -1.36. The summed E-state index contributed by atoms with van der Waals surface area (Å²) in [5.41, 5.74) is 4.53. The number of thiazole rings is 1. The molecule has 2 aromatic carbocycles. The first kappa shape index (κ1) is 18.0. The first-order valence-corrected chi connectivity index (χ1v) is 8.44. The predicted molar refractivity (Wildman–Crippen MR) is 107 cm³/mol. The standard InChI is InChI=1S/C18H17ClN2S.BrH/c1-3-20-18-21-16(13-8-10-15(19)11-9-13)17(22-18)14-6-4-12(2)5-7-14;/h4-11H,3H2,1-2H3,(H,20,21);1H. The van der Waals surface area contributed by atoms with Crippen LogP contribution >= 0.6 is 39.9 Å². The van der Waals surface area contributed by atoms with Crippen molar-refractivity contribution in [2.45, 2.75) is 13.8 Å². The van der Waals surface area contributed by atoms with Crippen LogP contribution in [0.3, 0.4) is 0 Å². The van der Waals surface area contributed by atoms with Crippen molar-refractivity contribution in [2.24, 2.45) is 0 Å². The van der Waals surface area contributed by atoms with Gasteiger partial charge in [0, 0.05) is 17.1 Å². The third-order valence-corrected chi connectivity index (χ3v) is 4.70. The summed E-state index contributed by atoms with van der Waals surface area (Å²) in [4.78, 5) is 5.94. The summed E-state index contributed by atoms with van der Waals surface area (Å²) in [5.74, 6) is 0. The van der Waals surface area contributed by atoms with Crippen molar-refractivity contribution in [3.05, 3.63) is 59.1 Å².